The van der Waals surface area contributed by atoms with Gasteiger partial charge < -0.3 is 0 Å². The van der Waals surface area contributed by atoms with Crippen LogP contribution in [0.5, 0.6) is 0 Å². The maximum atomic E-state index is 13.2. The van der Waals surface area contributed by atoms with Crippen molar-refractivity contribution >= 4 is 5.78 Å². The van der Waals surface area contributed by atoms with Crippen LogP contribution in [0.3, 0.4) is 0 Å². The number of nitriles is 1. The van der Waals surface area contributed by atoms with Crippen LogP contribution in [-0.2, 0) is 0 Å². The van der Waals surface area contributed by atoms with Gasteiger partial charge in [0.05, 0.1) is 11.6 Å². The monoisotopic (exact) mass is 189 g/mol. The molecule has 0 radical (unpaired) electrons. The summed E-state index contributed by atoms with van der Waals surface area (Å²) in [5.41, 5.74) is -0.895. The molecular formula is C11H8FNO. The standard InChI is InChI=1S/C11H8FNO/c12-9-4-2-1-3-8(9)10(14)11(7-13)5-6-11/h1-4H,5-6H2. The summed E-state index contributed by atoms with van der Waals surface area (Å²) >= 11 is 0. The number of rotatable bonds is 2. The van der Waals surface area contributed by atoms with Crippen LogP contribution in [0, 0.1) is 22.6 Å². The summed E-state index contributed by atoms with van der Waals surface area (Å²) in [6.45, 7) is 0. The molecule has 1 aromatic rings. The Labute approximate surface area is 81.0 Å². The number of nitrogens with zero attached hydrogens (tertiary/aromatic N) is 1. The molecule has 1 aromatic carbocycles. The zero-order valence-corrected chi connectivity index (χ0v) is 7.46. The molecule has 2 nitrogen and oxygen atoms in total. The summed E-state index contributed by atoms with van der Waals surface area (Å²) in [7, 11) is 0. The number of carbonyl (C=O) groups is 1. The van der Waals surface area contributed by atoms with E-state index >= 15 is 0 Å². The summed E-state index contributed by atoms with van der Waals surface area (Å²) in [6.07, 6.45) is 1.10. The van der Waals surface area contributed by atoms with Gasteiger partial charge in [0, 0.05) is 0 Å². The van der Waals surface area contributed by atoms with E-state index in [0.717, 1.165) is 0 Å². The third kappa shape index (κ3) is 1.20. The molecule has 0 unspecified atom stereocenters. The minimum atomic E-state index is -0.928. The molecule has 1 aliphatic carbocycles. The predicted octanol–water partition coefficient (Wildman–Crippen LogP) is 2.31. The summed E-state index contributed by atoms with van der Waals surface area (Å²) in [5, 5.41) is 8.79. The molecule has 0 aliphatic heterocycles. The normalized spacial score (nSPS) is 17.1. The Hall–Kier alpha value is -1.69. The lowest BCUT2D eigenvalue weighted by molar-refractivity contribution is 0.0930. The zero-order chi connectivity index (χ0) is 10.2. The first-order valence-corrected chi connectivity index (χ1v) is 4.40. The molecule has 0 spiro atoms. The van der Waals surface area contributed by atoms with Crippen LogP contribution in [0.2, 0.25) is 0 Å². The Morgan fingerprint density at radius 3 is 2.57 bits per heavy atom. The molecule has 70 valence electrons. The van der Waals surface area contributed by atoms with Gasteiger partial charge >= 0.3 is 0 Å². The van der Waals surface area contributed by atoms with Crippen LogP contribution >= 0.6 is 0 Å². The minimum absolute atomic E-state index is 0.0338. The van der Waals surface area contributed by atoms with Crippen LogP contribution in [0.25, 0.3) is 0 Å². The second kappa shape index (κ2) is 2.91. The van der Waals surface area contributed by atoms with Gasteiger partial charge in [-0.05, 0) is 25.0 Å². The molecule has 3 heteroatoms. The Morgan fingerprint density at radius 2 is 2.07 bits per heavy atom. The third-order valence-corrected chi connectivity index (χ3v) is 2.52. The van der Waals surface area contributed by atoms with Gasteiger partial charge in [0.25, 0.3) is 0 Å². The number of Topliss-reactive ketones (excluding diaryl/α,β-unsaturated/α-hetero) is 1. The van der Waals surface area contributed by atoms with Gasteiger partial charge in [-0.25, -0.2) is 4.39 Å². The maximum Gasteiger partial charge on any atom is 0.185 e. The van der Waals surface area contributed by atoms with E-state index in [1.807, 2.05) is 6.07 Å². The number of hydrogen-bond acceptors (Lipinski definition) is 2. The van der Waals surface area contributed by atoms with E-state index in [1.54, 1.807) is 6.07 Å². The molecule has 1 saturated carbocycles. The Morgan fingerprint density at radius 1 is 1.43 bits per heavy atom. The van der Waals surface area contributed by atoms with Crippen LogP contribution in [0.15, 0.2) is 24.3 Å². The smallest absolute Gasteiger partial charge is 0.185 e. The van der Waals surface area contributed by atoms with Crippen molar-refractivity contribution in [2.75, 3.05) is 0 Å². The van der Waals surface area contributed by atoms with Crippen molar-refractivity contribution in [2.24, 2.45) is 5.41 Å². The van der Waals surface area contributed by atoms with E-state index in [4.69, 9.17) is 5.26 Å². The van der Waals surface area contributed by atoms with E-state index < -0.39 is 11.2 Å². The van der Waals surface area contributed by atoms with Crippen molar-refractivity contribution in [3.8, 4) is 6.07 Å². The van der Waals surface area contributed by atoms with Gasteiger partial charge in [-0.1, -0.05) is 12.1 Å². The molecule has 0 aromatic heterocycles. The van der Waals surface area contributed by atoms with Gasteiger partial charge in [-0.3, -0.25) is 4.79 Å². The lowest BCUT2D eigenvalue weighted by Gasteiger charge is -2.04. The molecule has 0 atom stereocenters. The number of hydrogen-bond donors (Lipinski definition) is 0. The highest BCUT2D eigenvalue weighted by molar-refractivity contribution is 6.04. The summed E-state index contributed by atoms with van der Waals surface area (Å²) in [5.74, 6) is -0.919. The fourth-order valence-corrected chi connectivity index (χ4v) is 1.42. The molecule has 14 heavy (non-hydrogen) atoms. The molecule has 0 N–H and O–H groups in total. The lowest BCUT2D eigenvalue weighted by Crippen LogP contribution is -2.15. The topological polar surface area (TPSA) is 40.9 Å². The molecule has 2 rings (SSSR count). The fraction of sp³-hybridized carbons (Fsp3) is 0.273. The molecule has 0 amide bonds. The van der Waals surface area contributed by atoms with E-state index in [0.29, 0.717) is 12.8 Å². The SMILES string of the molecule is N#CC1(C(=O)c2ccccc2F)CC1. The maximum absolute atomic E-state index is 13.2. The summed E-state index contributed by atoms with van der Waals surface area (Å²) < 4.78 is 13.2. The van der Waals surface area contributed by atoms with Gasteiger partial charge in [0.15, 0.2) is 5.78 Å². The predicted molar refractivity (Wildman–Crippen MR) is 48.0 cm³/mol. The third-order valence-electron chi connectivity index (χ3n) is 2.52. The highest BCUT2D eigenvalue weighted by atomic mass is 19.1. The summed E-state index contributed by atoms with van der Waals surface area (Å²) in [6, 6.07) is 7.75. The summed E-state index contributed by atoms with van der Waals surface area (Å²) in [4.78, 5) is 11.7. The van der Waals surface area contributed by atoms with Crippen molar-refractivity contribution in [3.05, 3.63) is 35.6 Å². The number of ketones is 1. The van der Waals surface area contributed by atoms with Crippen molar-refractivity contribution in [3.63, 3.8) is 0 Å². The van der Waals surface area contributed by atoms with Crippen LogP contribution in [-0.4, -0.2) is 5.78 Å². The van der Waals surface area contributed by atoms with Gasteiger partial charge in [0.2, 0.25) is 0 Å². The lowest BCUT2D eigenvalue weighted by atomic mass is 9.96. The van der Waals surface area contributed by atoms with Gasteiger partial charge in [0.1, 0.15) is 11.2 Å². The quantitative estimate of drug-likeness (QED) is 0.670. The highest BCUT2D eigenvalue weighted by Gasteiger charge is 2.51. The Bertz CT molecular complexity index is 429. The molecule has 0 heterocycles. The van der Waals surface area contributed by atoms with Crippen LogP contribution in [0.4, 0.5) is 4.39 Å². The molecule has 1 aliphatic rings. The fourth-order valence-electron chi connectivity index (χ4n) is 1.42. The van der Waals surface area contributed by atoms with Crippen molar-refractivity contribution in [1.29, 1.82) is 5.26 Å². The van der Waals surface area contributed by atoms with Crippen LogP contribution in [0.1, 0.15) is 23.2 Å². The second-order valence-electron chi connectivity index (χ2n) is 3.50. The second-order valence-corrected chi connectivity index (χ2v) is 3.50. The number of benzene rings is 1. The molecule has 0 bridgehead atoms. The Balaban J connectivity index is 2.38. The first kappa shape index (κ1) is 8.89. The average Bonchev–Trinajstić information content (AvgIpc) is 2.98. The van der Waals surface area contributed by atoms with Crippen molar-refractivity contribution in [1.82, 2.24) is 0 Å². The largest absolute Gasteiger partial charge is 0.292 e. The van der Waals surface area contributed by atoms with Crippen LogP contribution < -0.4 is 0 Å². The first-order chi connectivity index (χ1) is 6.69. The minimum Gasteiger partial charge on any atom is -0.292 e. The van der Waals surface area contributed by atoms with E-state index in [-0.39, 0.29) is 11.3 Å². The average molecular weight is 189 g/mol. The molecular weight excluding hydrogens is 181 g/mol. The van der Waals surface area contributed by atoms with E-state index in [9.17, 15) is 9.18 Å². The zero-order valence-electron chi connectivity index (χ0n) is 7.46. The van der Waals surface area contributed by atoms with E-state index in [2.05, 4.69) is 0 Å². The number of carbonyl (C=O) groups excluding carboxylic acids is 1. The van der Waals surface area contributed by atoms with Crippen molar-refractivity contribution in [2.45, 2.75) is 12.8 Å². The highest BCUT2D eigenvalue weighted by Crippen LogP contribution is 2.47. The molecule has 1 fully saturated rings. The molecule has 0 saturated heterocycles. The Kier molecular flexibility index (Phi) is 1.85. The first-order valence-electron chi connectivity index (χ1n) is 4.40. The van der Waals surface area contributed by atoms with E-state index in [1.165, 1.54) is 18.2 Å². The number of halogens is 1. The van der Waals surface area contributed by atoms with Crippen molar-refractivity contribution < 1.29 is 9.18 Å². The van der Waals surface area contributed by atoms with Gasteiger partial charge in [-0.15, -0.1) is 0 Å². The van der Waals surface area contributed by atoms with Gasteiger partial charge in [-0.2, -0.15) is 5.26 Å².